The number of thiophene rings is 1. The Morgan fingerprint density at radius 1 is 1.21 bits per heavy atom. The Labute approximate surface area is 179 Å². The van der Waals surface area contributed by atoms with Crippen LogP contribution in [-0.2, 0) is 16.8 Å². The van der Waals surface area contributed by atoms with E-state index in [1.165, 1.54) is 17.3 Å². The van der Waals surface area contributed by atoms with Gasteiger partial charge in [-0.05, 0) is 30.0 Å². The first-order valence-corrected chi connectivity index (χ1v) is 11.5. The van der Waals surface area contributed by atoms with E-state index >= 15 is 0 Å². The fraction of sp³-hybridized carbons (Fsp3) is 0.318. The molecule has 0 unspecified atom stereocenters. The number of benzene rings is 1. The van der Waals surface area contributed by atoms with Crippen molar-refractivity contribution in [2.24, 2.45) is 0 Å². The highest BCUT2D eigenvalue weighted by atomic mass is 32.2. The molecule has 1 aliphatic heterocycles. The maximum Gasteiger partial charge on any atom is 0.191 e. The predicted octanol–water partition coefficient (Wildman–Crippen LogP) is 5.00. The molecule has 7 heteroatoms. The molecule has 3 heterocycles. The van der Waals surface area contributed by atoms with Crippen molar-refractivity contribution in [1.82, 2.24) is 14.8 Å². The van der Waals surface area contributed by atoms with Crippen molar-refractivity contribution in [1.29, 1.82) is 0 Å². The molecule has 0 N–H and O–H groups in total. The number of fused-ring (bicyclic) bond motifs is 1. The number of hydrogen-bond acceptors (Lipinski definition) is 6. The number of para-hydroxylation sites is 1. The average molecular weight is 425 g/mol. The summed E-state index contributed by atoms with van der Waals surface area (Å²) in [5, 5.41) is 11.5. The minimum atomic E-state index is -0.193. The molecule has 150 valence electrons. The van der Waals surface area contributed by atoms with Gasteiger partial charge >= 0.3 is 0 Å². The van der Waals surface area contributed by atoms with Gasteiger partial charge in [0.15, 0.2) is 16.8 Å². The highest BCUT2D eigenvalue weighted by Gasteiger charge is 2.38. The Hall–Kier alpha value is -2.38. The standard InChI is InChI=1S/C22H24N4OS2/c1-5-26-20(18-11-8-12-28-18)23-24-21(26)29-14-15(27)13-19-22(2,3)16-9-6-7-10-17(16)25(19)4/h6-13H,5,14H2,1-4H3. The number of nitrogens with zero attached hydrogens (tertiary/aromatic N) is 4. The average Bonchev–Trinajstić information content (AvgIpc) is 3.42. The molecule has 1 aromatic carbocycles. The molecular formula is C22H24N4OS2. The Morgan fingerprint density at radius 2 is 2.00 bits per heavy atom. The first-order chi connectivity index (χ1) is 13.9. The number of rotatable bonds is 6. The third kappa shape index (κ3) is 3.53. The van der Waals surface area contributed by atoms with Crippen LogP contribution in [0.15, 0.2) is 58.7 Å². The first-order valence-electron chi connectivity index (χ1n) is 9.61. The molecule has 0 bridgehead atoms. The summed E-state index contributed by atoms with van der Waals surface area (Å²) in [5.41, 5.74) is 3.25. The highest BCUT2D eigenvalue weighted by molar-refractivity contribution is 7.99. The van der Waals surface area contributed by atoms with Crippen LogP contribution in [-0.4, -0.2) is 33.3 Å². The Balaban J connectivity index is 1.52. The van der Waals surface area contributed by atoms with Gasteiger partial charge in [0, 0.05) is 36.5 Å². The summed E-state index contributed by atoms with van der Waals surface area (Å²) in [6, 6.07) is 12.4. The van der Waals surface area contributed by atoms with Gasteiger partial charge in [-0.1, -0.05) is 49.9 Å². The van der Waals surface area contributed by atoms with Gasteiger partial charge in [0.05, 0.1) is 10.6 Å². The third-order valence-corrected chi connectivity index (χ3v) is 7.21. The first kappa shape index (κ1) is 19.9. The van der Waals surface area contributed by atoms with Crippen LogP contribution in [0.1, 0.15) is 26.3 Å². The van der Waals surface area contributed by atoms with Crippen LogP contribution in [0.3, 0.4) is 0 Å². The lowest BCUT2D eigenvalue weighted by Gasteiger charge is -2.23. The number of hydrogen-bond donors (Lipinski definition) is 0. The lowest BCUT2D eigenvalue weighted by atomic mass is 9.83. The zero-order chi connectivity index (χ0) is 20.6. The monoisotopic (exact) mass is 424 g/mol. The molecule has 0 radical (unpaired) electrons. The summed E-state index contributed by atoms with van der Waals surface area (Å²) in [4.78, 5) is 16.0. The number of anilines is 1. The van der Waals surface area contributed by atoms with Crippen molar-refractivity contribution < 1.29 is 4.79 Å². The Morgan fingerprint density at radius 3 is 2.69 bits per heavy atom. The van der Waals surface area contributed by atoms with E-state index in [1.54, 1.807) is 17.4 Å². The quantitative estimate of drug-likeness (QED) is 0.412. The zero-order valence-electron chi connectivity index (χ0n) is 17.0. The highest BCUT2D eigenvalue weighted by Crippen LogP contribution is 2.46. The largest absolute Gasteiger partial charge is 0.347 e. The van der Waals surface area contributed by atoms with E-state index in [2.05, 4.69) is 58.6 Å². The number of allylic oxidation sites excluding steroid dienone is 2. The number of carbonyl (C=O) groups excluding carboxylic acids is 1. The van der Waals surface area contributed by atoms with Crippen molar-refractivity contribution >= 4 is 34.6 Å². The Kier molecular flexibility index (Phi) is 5.36. The van der Waals surface area contributed by atoms with Gasteiger partial charge in [-0.15, -0.1) is 21.5 Å². The molecule has 0 aliphatic carbocycles. The fourth-order valence-corrected chi connectivity index (χ4v) is 5.40. The van der Waals surface area contributed by atoms with Gasteiger partial charge in [0.1, 0.15) is 0 Å². The number of carbonyl (C=O) groups is 1. The van der Waals surface area contributed by atoms with Crippen LogP contribution in [0.4, 0.5) is 5.69 Å². The second-order valence-electron chi connectivity index (χ2n) is 7.51. The normalized spacial score (nSPS) is 16.4. The topological polar surface area (TPSA) is 51.0 Å². The lowest BCUT2D eigenvalue weighted by molar-refractivity contribution is -0.112. The van der Waals surface area contributed by atoms with Crippen molar-refractivity contribution in [2.45, 2.75) is 37.9 Å². The van der Waals surface area contributed by atoms with Gasteiger partial charge in [0.25, 0.3) is 0 Å². The number of aromatic nitrogens is 3. The van der Waals surface area contributed by atoms with E-state index in [0.29, 0.717) is 5.75 Å². The molecule has 2 aromatic heterocycles. The summed E-state index contributed by atoms with van der Waals surface area (Å²) in [7, 11) is 2.03. The number of ketones is 1. The maximum atomic E-state index is 12.8. The molecule has 0 spiro atoms. The smallest absolute Gasteiger partial charge is 0.191 e. The number of thioether (sulfide) groups is 1. The molecule has 3 aromatic rings. The van der Waals surface area contributed by atoms with Gasteiger partial charge in [-0.25, -0.2) is 0 Å². The molecule has 0 atom stereocenters. The van der Waals surface area contributed by atoms with Crippen molar-refractivity contribution in [2.75, 3.05) is 17.7 Å². The SMILES string of the molecule is CCn1c(SCC(=O)C=C2N(C)c3ccccc3C2(C)C)nnc1-c1cccs1. The van der Waals surface area contributed by atoms with E-state index in [4.69, 9.17) is 0 Å². The molecule has 4 rings (SSSR count). The van der Waals surface area contributed by atoms with Crippen LogP contribution >= 0.6 is 23.1 Å². The van der Waals surface area contributed by atoms with E-state index in [9.17, 15) is 4.79 Å². The van der Waals surface area contributed by atoms with E-state index in [1.807, 2.05) is 30.6 Å². The minimum Gasteiger partial charge on any atom is -0.347 e. The Bertz CT molecular complexity index is 1070. The van der Waals surface area contributed by atoms with Crippen LogP contribution in [0.5, 0.6) is 0 Å². The number of likely N-dealkylation sites (N-methyl/N-ethyl adjacent to an activating group) is 1. The van der Waals surface area contributed by atoms with Gasteiger partial charge < -0.3 is 9.47 Å². The molecule has 5 nitrogen and oxygen atoms in total. The summed E-state index contributed by atoms with van der Waals surface area (Å²) < 4.78 is 2.07. The maximum absolute atomic E-state index is 12.8. The molecule has 0 fully saturated rings. The van der Waals surface area contributed by atoms with Crippen molar-refractivity contribution in [3.8, 4) is 10.7 Å². The fourth-order valence-electron chi connectivity index (χ4n) is 3.86. The lowest BCUT2D eigenvalue weighted by Crippen LogP contribution is -2.24. The minimum absolute atomic E-state index is 0.0843. The molecular weight excluding hydrogens is 400 g/mol. The van der Waals surface area contributed by atoms with Crippen LogP contribution in [0.2, 0.25) is 0 Å². The second kappa shape index (κ2) is 7.80. The summed E-state index contributed by atoms with van der Waals surface area (Å²) in [6.45, 7) is 7.18. The van der Waals surface area contributed by atoms with Crippen LogP contribution in [0, 0.1) is 0 Å². The molecule has 1 aliphatic rings. The molecule has 0 saturated carbocycles. The molecule has 29 heavy (non-hydrogen) atoms. The molecule has 0 amide bonds. The van der Waals surface area contributed by atoms with E-state index < -0.39 is 0 Å². The predicted molar refractivity (Wildman–Crippen MR) is 121 cm³/mol. The second-order valence-corrected chi connectivity index (χ2v) is 9.40. The van der Waals surface area contributed by atoms with Crippen molar-refractivity contribution in [3.05, 3.63) is 59.1 Å². The van der Waals surface area contributed by atoms with Gasteiger partial charge in [0.2, 0.25) is 0 Å². The summed E-state index contributed by atoms with van der Waals surface area (Å²) >= 11 is 3.09. The van der Waals surface area contributed by atoms with Crippen molar-refractivity contribution in [3.63, 3.8) is 0 Å². The summed E-state index contributed by atoms with van der Waals surface area (Å²) in [6.07, 6.45) is 1.79. The van der Waals surface area contributed by atoms with E-state index in [0.717, 1.165) is 33.8 Å². The van der Waals surface area contributed by atoms with Crippen LogP contribution < -0.4 is 4.90 Å². The zero-order valence-corrected chi connectivity index (χ0v) is 18.7. The summed E-state index contributed by atoms with van der Waals surface area (Å²) in [5.74, 6) is 1.29. The van der Waals surface area contributed by atoms with Crippen LogP contribution in [0.25, 0.3) is 10.7 Å². The van der Waals surface area contributed by atoms with Gasteiger partial charge in [-0.2, -0.15) is 0 Å². The van der Waals surface area contributed by atoms with E-state index in [-0.39, 0.29) is 11.2 Å². The molecule has 0 saturated heterocycles. The third-order valence-electron chi connectivity index (χ3n) is 5.36. The van der Waals surface area contributed by atoms with Gasteiger partial charge in [-0.3, -0.25) is 4.79 Å².